The molecule has 6 rings (SSSR count). The van der Waals surface area contributed by atoms with Gasteiger partial charge in [-0.05, 0) is 155 Å². The Hall–Kier alpha value is -8.44. The highest BCUT2D eigenvalue weighted by atomic mass is 19.4. The van der Waals surface area contributed by atoms with Crippen molar-refractivity contribution in [2.75, 3.05) is 24.7 Å². The van der Waals surface area contributed by atoms with E-state index in [2.05, 4.69) is 0 Å². The fraction of sp³-hybridized carbons (Fsp3) is 0.250. The number of halogens is 14. The topological polar surface area (TPSA) is 142 Å². The minimum Gasteiger partial charge on any atom is -0.494 e. The Labute approximate surface area is 447 Å². The molecule has 0 saturated carbocycles. The van der Waals surface area contributed by atoms with E-state index in [1.807, 2.05) is 0 Å². The van der Waals surface area contributed by atoms with E-state index >= 15 is 17.6 Å². The summed E-state index contributed by atoms with van der Waals surface area (Å²) < 4.78 is 217. The number of benzene rings is 6. The van der Waals surface area contributed by atoms with Crippen LogP contribution in [0.2, 0.25) is 0 Å². The number of carbonyl (C=O) groups excluding carboxylic acids is 2. The average Bonchev–Trinajstić information content (AvgIpc) is 3.44. The first-order valence-corrected chi connectivity index (χ1v) is 23.7. The number of ether oxygens (including phenoxy) is 6. The molecule has 0 atom stereocenters. The van der Waals surface area contributed by atoms with Crippen LogP contribution in [0.1, 0.15) is 59.1 Å². The van der Waals surface area contributed by atoms with Crippen molar-refractivity contribution in [3.05, 3.63) is 179 Å². The largest absolute Gasteiger partial charge is 0.494 e. The number of nitrogen functional groups attached to an aromatic ring is 2. The molecule has 10 nitrogen and oxygen atoms in total. The van der Waals surface area contributed by atoms with Crippen molar-refractivity contribution in [1.82, 2.24) is 0 Å². The van der Waals surface area contributed by atoms with Gasteiger partial charge in [0.1, 0.15) is 36.2 Å². The van der Waals surface area contributed by atoms with Crippen LogP contribution in [0, 0.1) is 0 Å². The monoisotopic (exact) mass is 1140 g/mol. The van der Waals surface area contributed by atoms with E-state index in [1.54, 1.807) is 36.4 Å². The number of rotatable bonds is 25. The second kappa shape index (κ2) is 25.6. The molecular formula is C56H46F14N2O8. The summed E-state index contributed by atoms with van der Waals surface area (Å²) in [6.07, 6.45) is -18.6. The maximum absolute atomic E-state index is 15.1. The van der Waals surface area contributed by atoms with Crippen molar-refractivity contribution in [3.63, 3.8) is 0 Å². The van der Waals surface area contributed by atoms with Gasteiger partial charge in [-0.2, -0.15) is 61.5 Å². The summed E-state index contributed by atoms with van der Waals surface area (Å²) in [4.78, 5) is 25.7. The zero-order valence-corrected chi connectivity index (χ0v) is 41.4. The number of alkyl halides is 14. The highest BCUT2D eigenvalue weighted by Crippen LogP contribution is 2.41. The molecule has 0 aliphatic heterocycles. The lowest BCUT2D eigenvalue weighted by Gasteiger charge is -2.19. The molecular weight excluding hydrogens is 1090 g/mol. The average molecular weight is 1140 g/mol. The van der Waals surface area contributed by atoms with E-state index in [0.717, 1.165) is 60.7 Å². The predicted molar refractivity (Wildman–Crippen MR) is 265 cm³/mol. The molecule has 24 heteroatoms. The molecule has 0 amide bonds. The molecule has 426 valence electrons. The first-order valence-electron chi connectivity index (χ1n) is 23.7. The van der Waals surface area contributed by atoms with Crippen LogP contribution in [0.5, 0.6) is 23.0 Å². The number of hydrogen-bond acceptors (Lipinski definition) is 10. The lowest BCUT2D eigenvalue weighted by Crippen LogP contribution is -2.36. The van der Waals surface area contributed by atoms with E-state index in [4.69, 9.17) is 39.9 Å². The Morgan fingerprint density at radius 3 is 1.07 bits per heavy atom. The first-order chi connectivity index (χ1) is 37.5. The van der Waals surface area contributed by atoms with Crippen LogP contribution in [0.4, 0.5) is 72.8 Å². The standard InChI is InChI=1S/C56H46F14N2O8/c57-51(58,55(65,66)67)27-1-29-75-43-15-19-45(20-16-43)79-53(61,62)39-9-3-35(4-10-39)7-25-49(73)77-33-37-31-41(71)13-23-47(37)48-24-14-42(72)32-38(48)34-78-50(74)26-8-36-5-11-40(12-6-36)54(63,64)80-46-21-17-44(18-22-46)76-30-2-28-52(59,60)56(68,69)70/h3-26,31-32H,1-2,27-30,33-34,71-72H2/b25-7+,26-8+. The van der Waals surface area contributed by atoms with Crippen LogP contribution < -0.4 is 30.4 Å². The Morgan fingerprint density at radius 1 is 0.425 bits per heavy atom. The van der Waals surface area contributed by atoms with Crippen LogP contribution in [-0.2, 0) is 44.5 Å². The van der Waals surface area contributed by atoms with Gasteiger partial charge in [-0.25, -0.2) is 9.59 Å². The second-order valence-electron chi connectivity index (χ2n) is 17.4. The van der Waals surface area contributed by atoms with Crippen LogP contribution >= 0.6 is 0 Å². The summed E-state index contributed by atoms with van der Waals surface area (Å²) in [7, 11) is 0. The normalized spacial score (nSPS) is 12.6. The third-order valence-electron chi connectivity index (χ3n) is 11.4. The Bertz CT molecular complexity index is 2890. The number of carbonyl (C=O) groups is 2. The molecule has 0 fully saturated rings. The summed E-state index contributed by atoms with van der Waals surface area (Å²) in [5, 5.41) is 0. The zero-order chi connectivity index (χ0) is 58.5. The number of nitrogens with two attached hydrogens (primary N) is 2. The molecule has 80 heavy (non-hydrogen) atoms. The SMILES string of the molecule is Nc1ccc(-c2ccc(N)cc2COC(=O)/C=C/c2ccc(C(F)(F)Oc3ccc(OCCCC(F)(F)C(F)(F)F)cc3)cc2)c(COC(=O)/C=C/c2ccc(C(F)(F)Oc3ccc(OCCCC(F)(F)C(F)(F)F)cc3)cc2)c1. The molecule has 0 bridgehead atoms. The van der Waals surface area contributed by atoms with Gasteiger partial charge in [-0.3, -0.25) is 0 Å². The number of esters is 2. The second-order valence-corrected chi connectivity index (χ2v) is 17.4. The molecule has 0 aliphatic rings. The molecule has 0 radical (unpaired) electrons. The third kappa shape index (κ3) is 17.3. The first kappa shape index (κ1) is 60.8. The quantitative estimate of drug-likeness (QED) is 0.0187. The highest BCUT2D eigenvalue weighted by Gasteiger charge is 2.57. The summed E-state index contributed by atoms with van der Waals surface area (Å²) in [6, 6.07) is 28.0. The molecule has 4 N–H and O–H groups in total. The van der Waals surface area contributed by atoms with Crippen LogP contribution in [0.3, 0.4) is 0 Å². The van der Waals surface area contributed by atoms with Gasteiger partial charge < -0.3 is 39.9 Å². The van der Waals surface area contributed by atoms with E-state index in [0.29, 0.717) is 44.8 Å². The van der Waals surface area contributed by atoms with Gasteiger partial charge in [0.25, 0.3) is 0 Å². The number of anilines is 2. The molecule has 0 aromatic heterocycles. The van der Waals surface area contributed by atoms with Crippen molar-refractivity contribution in [2.24, 2.45) is 0 Å². The minimum atomic E-state index is -5.69. The summed E-state index contributed by atoms with van der Waals surface area (Å²) in [6.45, 7) is -1.58. The summed E-state index contributed by atoms with van der Waals surface area (Å²) in [5.41, 5.74) is 14.2. The van der Waals surface area contributed by atoms with Gasteiger partial charge in [-0.1, -0.05) is 36.4 Å². The summed E-state index contributed by atoms with van der Waals surface area (Å²) in [5.74, 6) is -12.0. The molecule has 0 spiro atoms. The third-order valence-corrected chi connectivity index (χ3v) is 11.4. The molecule has 6 aromatic carbocycles. The Balaban J connectivity index is 0.979. The van der Waals surface area contributed by atoms with Gasteiger partial charge in [0.15, 0.2) is 0 Å². The molecule has 0 unspecified atom stereocenters. The smallest absolute Gasteiger partial charge is 0.453 e. The van der Waals surface area contributed by atoms with Crippen molar-refractivity contribution < 1.29 is 99.5 Å². The minimum absolute atomic E-state index is 0.0175. The van der Waals surface area contributed by atoms with Crippen LogP contribution in [0.15, 0.2) is 146 Å². The van der Waals surface area contributed by atoms with Crippen LogP contribution in [0.25, 0.3) is 23.3 Å². The lowest BCUT2D eigenvalue weighted by atomic mass is 9.95. The van der Waals surface area contributed by atoms with Crippen LogP contribution in [-0.4, -0.2) is 49.4 Å². The predicted octanol–water partition coefficient (Wildman–Crippen LogP) is 15.0. The Morgan fingerprint density at radius 2 is 0.750 bits per heavy atom. The fourth-order valence-electron chi connectivity index (χ4n) is 7.16. The van der Waals surface area contributed by atoms with Crippen molar-refractivity contribution in [2.45, 2.75) is 75.3 Å². The van der Waals surface area contributed by atoms with Gasteiger partial charge in [0.05, 0.1) is 24.3 Å². The Kier molecular flexibility index (Phi) is 19.4. The van der Waals surface area contributed by atoms with E-state index < -0.39 is 98.4 Å². The van der Waals surface area contributed by atoms with Crippen molar-refractivity contribution >= 4 is 35.5 Å². The van der Waals surface area contributed by atoms with Crippen molar-refractivity contribution in [1.29, 1.82) is 0 Å². The maximum Gasteiger partial charge on any atom is 0.453 e. The lowest BCUT2D eigenvalue weighted by molar-refractivity contribution is -0.284. The highest BCUT2D eigenvalue weighted by molar-refractivity contribution is 5.88. The molecule has 0 aliphatic carbocycles. The van der Waals surface area contributed by atoms with Gasteiger partial charge in [0, 0.05) is 36.4 Å². The van der Waals surface area contributed by atoms with E-state index in [-0.39, 0.29) is 36.2 Å². The van der Waals surface area contributed by atoms with Gasteiger partial charge >= 0.3 is 48.4 Å². The fourth-order valence-corrected chi connectivity index (χ4v) is 7.16. The molecule has 0 saturated heterocycles. The molecule has 0 heterocycles. The van der Waals surface area contributed by atoms with E-state index in [1.165, 1.54) is 60.7 Å². The van der Waals surface area contributed by atoms with Gasteiger partial charge in [-0.15, -0.1) is 0 Å². The molecule has 6 aromatic rings. The van der Waals surface area contributed by atoms with Crippen molar-refractivity contribution in [3.8, 4) is 34.1 Å². The number of hydrogen-bond donors (Lipinski definition) is 2. The summed E-state index contributed by atoms with van der Waals surface area (Å²) >= 11 is 0. The zero-order valence-electron chi connectivity index (χ0n) is 41.4. The van der Waals surface area contributed by atoms with E-state index in [9.17, 15) is 53.5 Å². The maximum atomic E-state index is 15.1. The van der Waals surface area contributed by atoms with Gasteiger partial charge in [0.2, 0.25) is 0 Å².